The van der Waals surface area contributed by atoms with Gasteiger partial charge in [0, 0.05) is 12.1 Å². The zero-order valence-corrected chi connectivity index (χ0v) is 17.5. The molecule has 158 valence electrons. The SMILES string of the molecule is CC(C)CCCCCCC(=O)Nc1ccc(C(=O)Oc2cccc3[nH]nnc23)cc1. The molecule has 0 spiro atoms. The molecule has 0 radical (unpaired) electrons. The van der Waals surface area contributed by atoms with Crippen molar-refractivity contribution in [1.29, 1.82) is 0 Å². The van der Waals surface area contributed by atoms with Crippen LogP contribution in [-0.4, -0.2) is 27.3 Å². The number of fused-ring (bicyclic) bond motifs is 1. The van der Waals surface area contributed by atoms with Crippen molar-refractivity contribution < 1.29 is 14.3 Å². The first kappa shape index (κ1) is 21.5. The Morgan fingerprint density at radius 1 is 1.03 bits per heavy atom. The molecule has 1 amide bonds. The molecule has 1 aromatic heterocycles. The van der Waals surface area contributed by atoms with E-state index in [4.69, 9.17) is 4.74 Å². The zero-order valence-electron chi connectivity index (χ0n) is 17.5. The van der Waals surface area contributed by atoms with Gasteiger partial charge in [-0.15, -0.1) is 5.10 Å². The van der Waals surface area contributed by atoms with Gasteiger partial charge in [0.15, 0.2) is 11.3 Å². The van der Waals surface area contributed by atoms with Crippen molar-refractivity contribution in [3.8, 4) is 5.75 Å². The number of rotatable bonds is 10. The number of amides is 1. The molecular formula is C23H28N4O3. The third kappa shape index (κ3) is 6.14. The number of ether oxygens (including phenoxy) is 1. The molecule has 0 aliphatic rings. The zero-order chi connectivity index (χ0) is 21.3. The molecule has 0 unspecified atom stereocenters. The highest BCUT2D eigenvalue weighted by molar-refractivity contribution is 5.95. The second-order valence-corrected chi connectivity index (χ2v) is 7.83. The molecular weight excluding hydrogens is 380 g/mol. The number of esters is 1. The maximum Gasteiger partial charge on any atom is 0.343 e. The molecule has 0 saturated carbocycles. The van der Waals surface area contributed by atoms with Crippen LogP contribution in [0.15, 0.2) is 42.5 Å². The molecule has 2 aromatic carbocycles. The van der Waals surface area contributed by atoms with E-state index in [1.54, 1.807) is 42.5 Å². The minimum absolute atomic E-state index is 0.00750. The Balaban J connectivity index is 1.45. The molecule has 0 fully saturated rings. The van der Waals surface area contributed by atoms with Crippen LogP contribution in [0.3, 0.4) is 0 Å². The number of aromatic nitrogens is 3. The highest BCUT2D eigenvalue weighted by Gasteiger charge is 2.13. The number of carbonyl (C=O) groups is 2. The van der Waals surface area contributed by atoms with Crippen LogP contribution in [0.4, 0.5) is 5.69 Å². The maximum atomic E-state index is 12.4. The summed E-state index contributed by atoms with van der Waals surface area (Å²) in [7, 11) is 0. The first-order valence-electron chi connectivity index (χ1n) is 10.4. The van der Waals surface area contributed by atoms with Gasteiger partial charge in [0.25, 0.3) is 0 Å². The number of H-pyrrole nitrogens is 1. The number of nitrogens with zero attached hydrogens (tertiary/aromatic N) is 2. The molecule has 7 heteroatoms. The number of aromatic amines is 1. The average molecular weight is 409 g/mol. The van der Waals surface area contributed by atoms with E-state index in [0.717, 1.165) is 18.8 Å². The van der Waals surface area contributed by atoms with Crippen LogP contribution in [0.5, 0.6) is 5.75 Å². The number of hydrogen-bond acceptors (Lipinski definition) is 5. The van der Waals surface area contributed by atoms with Crippen LogP contribution in [-0.2, 0) is 4.79 Å². The predicted molar refractivity (Wildman–Crippen MR) is 116 cm³/mol. The predicted octanol–water partition coefficient (Wildman–Crippen LogP) is 5.11. The van der Waals surface area contributed by atoms with Crippen LogP contribution in [0.1, 0.15) is 62.7 Å². The molecule has 0 saturated heterocycles. The summed E-state index contributed by atoms with van der Waals surface area (Å²) in [6.07, 6.45) is 6.11. The average Bonchev–Trinajstić information content (AvgIpc) is 3.21. The third-order valence-corrected chi connectivity index (χ3v) is 4.86. The Labute approximate surface area is 176 Å². The second-order valence-electron chi connectivity index (χ2n) is 7.83. The molecule has 3 aromatic rings. The van der Waals surface area contributed by atoms with Crippen molar-refractivity contribution >= 4 is 28.6 Å². The Morgan fingerprint density at radius 2 is 1.80 bits per heavy atom. The van der Waals surface area contributed by atoms with E-state index < -0.39 is 5.97 Å². The van der Waals surface area contributed by atoms with Gasteiger partial charge in [-0.3, -0.25) is 9.89 Å². The first-order chi connectivity index (χ1) is 14.5. The second kappa shape index (κ2) is 10.5. The number of anilines is 1. The molecule has 0 bridgehead atoms. The molecule has 2 N–H and O–H groups in total. The fourth-order valence-electron chi connectivity index (χ4n) is 3.19. The molecule has 3 rings (SSSR count). The smallest absolute Gasteiger partial charge is 0.343 e. The summed E-state index contributed by atoms with van der Waals surface area (Å²) in [6, 6.07) is 11.9. The van der Waals surface area contributed by atoms with E-state index in [2.05, 4.69) is 34.6 Å². The van der Waals surface area contributed by atoms with E-state index in [9.17, 15) is 9.59 Å². The van der Waals surface area contributed by atoms with Crippen molar-refractivity contribution in [3.05, 3.63) is 48.0 Å². The van der Waals surface area contributed by atoms with Crippen LogP contribution >= 0.6 is 0 Å². The van der Waals surface area contributed by atoms with Gasteiger partial charge in [-0.1, -0.05) is 50.8 Å². The fraction of sp³-hybridized carbons (Fsp3) is 0.391. The molecule has 0 aliphatic carbocycles. The summed E-state index contributed by atoms with van der Waals surface area (Å²) in [4.78, 5) is 24.5. The minimum Gasteiger partial charge on any atom is -0.420 e. The van der Waals surface area contributed by atoms with E-state index in [0.29, 0.717) is 34.5 Å². The van der Waals surface area contributed by atoms with Gasteiger partial charge in [-0.25, -0.2) is 4.79 Å². The lowest BCUT2D eigenvalue weighted by Crippen LogP contribution is -2.12. The van der Waals surface area contributed by atoms with Crippen molar-refractivity contribution in [2.75, 3.05) is 5.32 Å². The summed E-state index contributed by atoms with van der Waals surface area (Å²) in [5, 5.41) is 13.3. The van der Waals surface area contributed by atoms with E-state index >= 15 is 0 Å². The minimum atomic E-state index is -0.496. The van der Waals surface area contributed by atoms with E-state index in [1.165, 1.54) is 19.3 Å². The quantitative estimate of drug-likeness (QED) is 0.276. The number of hydrogen-bond donors (Lipinski definition) is 2. The maximum absolute atomic E-state index is 12.4. The largest absolute Gasteiger partial charge is 0.420 e. The van der Waals surface area contributed by atoms with Gasteiger partial charge in [-0.2, -0.15) is 0 Å². The summed E-state index contributed by atoms with van der Waals surface area (Å²) >= 11 is 0. The van der Waals surface area contributed by atoms with Gasteiger partial charge in [0.05, 0.1) is 11.1 Å². The van der Waals surface area contributed by atoms with Crippen molar-refractivity contribution in [2.24, 2.45) is 5.92 Å². The first-order valence-corrected chi connectivity index (χ1v) is 10.4. The van der Waals surface area contributed by atoms with Gasteiger partial charge < -0.3 is 10.1 Å². The molecule has 0 atom stereocenters. The van der Waals surface area contributed by atoms with Crippen LogP contribution < -0.4 is 10.1 Å². The Bertz CT molecular complexity index is 980. The van der Waals surface area contributed by atoms with Gasteiger partial charge in [0.2, 0.25) is 5.91 Å². The standard InChI is InChI=1S/C23H28N4O3/c1-16(2)8-5-3-4-6-11-21(28)24-18-14-12-17(13-15-18)23(29)30-20-10-7-9-19-22(20)26-27-25-19/h7,9-10,12-16H,3-6,8,11H2,1-2H3,(H,24,28)(H,25,26,27). The topological polar surface area (TPSA) is 97.0 Å². The lowest BCUT2D eigenvalue weighted by atomic mass is 10.0. The molecule has 30 heavy (non-hydrogen) atoms. The van der Waals surface area contributed by atoms with Crippen molar-refractivity contribution in [2.45, 2.75) is 52.4 Å². The third-order valence-electron chi connectivity index (χ3n) is 4.86. The summed E-state index contributed by atoms with van der Waals surface area (Å²) in [5.41, 5.74) is 2.24. The van der Waals surface area contributed by atoms with Crippen LogP contribution in [0.2, 0.25) is 0 Å². The van der Waals surface area contributed by atoms with Gasteiger partial charge in [0.1, 0.15) is 0 Å². The Kier molecular flexibility index (Phi) is 7.54. The lowest BCUT2D eigenvalue weighted by molar-refractivity contribution is -0.116. The summed E-state index contributed by atoms with van der Waals surface area (Å²) < 4.78 is 5.44. The highest BCUT2D eigenvalue weighted by Crippen LogP contribution is 2.22. The van der Waals surface area contributed by atoms with Crippen LogP contribution in [0.25, 0.3) is 11.0 Å². The lowest BCUT2D eigenvalue weighted by Gasteiger charge is -2.08. The number of benzene rings is 2. The monoisotopic (exact) mass is 408 g/mol. The van der Waals surface area contributed by atoms with Gasteiger partial charge >= 0.3 is 5.97 Å². The number of nitrogens with one attached hydrogen (secondary N) is 2. The molecule has 7 nitrogen and oxygen atoms in total. The van der Waals surface area contributed by atoms with Gasteiger partial charge in [-0.05, 0) is 48.7 Å². The number of unbranched alkanes of at least 4 members (excludes halogenated alkanes) is 3. The summed E-state index contributed by atoms with van der Waals surface area (Å²) in [5.74, 6) is 0.582. The van der Waals surface area contributed by atoms with Crippen molar-refractivity contribution in [3.63, 3.8) is 0 Å². The Hall–Kier alpha value is -3.22. The number of carbonyl (C=O) groups excluding carboxylic acids is 2. The molecule has 1 heterocycles. The highest BCUT2D eigenvalue weighted by atomic mass is 16.5. The van der Waals surface area contributed by atoms with Crippen LogP contribution in [0, 0.1) is 5.92 Å². The van der Waals surface area contributed by atoms with E-state index in [1.807, 2.05) is 0 Å². The van der Waals surface area contributed by atoms with Crippen molar-refractivity contribution in [1.82, 2.24) is 15.4 Å². The normalized spacial score (nSPS) is 11.0. The molecule has 0 aliphatic heterocycles. The fourth-order valence-corrected chi connectivity index (χ4v) is 3.19. The Morgan fingerprint density at radius 3 is 2.57 bits per heavy atom. The summed E-state index contributed by atoms with van der Waals surface area (Å²) in [6.45, 7) is 4.46. The van der Waals surface area contributed by atoms with E-state index in [-0.39, 0.29) is 5.91 Å².